The number of phenols is 1. The molecule has 2 aromatic rings. The third-order valence-electron chi connectivity index (χ3n) is 2.75. The van der Waals surface area contributed by atoms with Gasteiger partial charge in [0, 0.05) is 10.6 Å². The van der Waals surface area contributed by atoms with Gasteiger partial charge in [-0.25, -0.2) is 0 Å². The maximum atomic E-state index is 9.69. The molecular formula is C15H15ClO3. The molecule has 3 nitrogen and oxygen atoms in total. The van der Waals surface area contributed by atoms with Crippen LogP contribution >= 0.6 is 11.6 Å². The van der Waals surface area contributed by atoms with Gasteiger partial charge in [-0.15, -0.1) is 0 Å². The number of hydrogen-bond acceptors (Lipinski definition) is 3. The largest absolute Gasteiger partial charge is 0.508 e. The Labute approximate surface area is 117 Å². The molecule has 0 aromatic heterocycles. The molecule has 1 unspecified atom stereocenters. The SMILES string of the molecule is CC(O)c1cc(Cl)ccc1OCc1ccc(O)cc1. The zero-order valence-electron chi connectivity index (χ0n) is 10.5. The Morgan fingerprint density at radius 3 is 2.47 bits per heavy atom. The summed E-state index contributed by atoms with van der Waals surface area (Å²) in [5, 5.41) is 19.5. The van der Waals surface area contributed by atoms with E-state index in [1.165, 1.54) is 0 Å². The second-order valence-corrected chi connectivity index (χ2v) is 4.75. The van der Waals surface area contributed by atoms with E-state index >= 15 is 0 Å². The highest BCUT2D eigenvalue weighted by atomic mass is 35.5. The minimum absolute atomic E-state index is 0.222. The van der Waals surface area contributed by atoms with Gasteiger partial charge in [-0.3, -0.25) is 0 Å². The molecule has 0 radical (unpaired) electrons. The molecule has 2 N–H and O–H groups in total. The zero-order chi connectivity index (χ0) is 13.8. The second-order valence-electron chi connectivity index (χ2n) is 4.31. The molecule has 0 heterocycles. The number of aromatic hydroxyl groups is 1. The van der Waals surface area contributed by atoms with E-state index in [9.17, 15) is 10.2 Å². The Kier molecular flexibility index (Phi) is 4.30. The number of halogens is 1. The number of aliphatic hydroxyl groups is 1. The van der Waals surface area contributed by atoms with Crippen LogP contribution in [0.15, 0.2) is 42.5 Å². The normalized spacial score (nSPS) is 12.2. The van der Waals surface area contributed by atoms with Crippen molar-refractivity contribution in [3.63, 3.8) is 0 Å². The number of hydrogen-bond donors (Lipinski definition) is 2. The number of aliphatic hydroxyl groups excluding tert-OH is 1. The highest BCUT2D eigenvalue weighted by molar-refractivity contribution is 6.30. The maximum Gasteiger partial charge on any atom is 0.125 e. The van der Waals surface area contributed by atoms with Crippen molar-refractivity contribution < 1.29 is 14.9 Å². The standard InChI is InChI=1S/C15H15ClO3/c1-10(17)14-8-12(16)4-7-15(14)19-9-11-2-5-13(18)6-3-11/h2-8,10,17-18H,9H2,1H3. The van der Waals surface area contributed by atoms with Crippen LogP contribution in [0.4, 0.5) is 0 Å². The highest BCUT2D eigenvalue weighted by Gasteiger charge is 2.10. The Balaban J connectivity index is 2.13. The number of phenolic OH excluding ortho intramolecular Hbond substituents is 1. The van der Waals surface area contributed by atoms with Crippen LogP contribution in [0.25, 0.3) is 0 Å². The fourth-order valence-electron chi connectivity index (χ4n) is 1.73. The van der Waals surface area contributed by atoms with E-state index < -0.39 is 6.10 Å². The van der Waals surface area contributed by atoms with Crippen molar-refractivity contribution in [3.05, 3.63) is 58.6 Å². The lowest BCUT2D eigenvalue weighted by molar-refractivity contribution is 0.190. The Morgan fingerprint density at radius 1 is 1.16 bits per heavy atom. The van der Waals surface area contributed by atoms with E-state index in [0.717, 1.165) is 5.56 Å². The molecule has 2 rings (SSSR count). The summed E-state index contributed by atoms with van der Waals surface area (Å²) in [6.07, 6.45) is -0.645. The van der Waals surface area contributed by atoms with Gasteiger partial charge in [0.2, 0.25) is 0 Å². The predicted octanol–water partition coefficient (Wildman–Crippen LogP) is 3.68. The molecule has 0 fully saturated rings. The van der Waals surface area contributed by atoms with Crippen LogP contribution in [0.2, 0.25) is 5.02 Å². The van der Waals surface area contributed by atoms with Gasteiger partial charge in [0.05, 0.1) is 6.10 Å². The minimum atomic E-state index is -0.645. The topological polar surface area (TPSA) is 49.7 Å². The van der Waals surface area contributed by atoms with Crippen LogP contribution in [-0.4, -0.2) is 10.2 Å². The Morgan fingerprint density at radius 2 is 1.84 bits per heavy atom. The molecule has 4 heteroatoms. The van der Waals surface area contributed by atoms with Gasteiger partial charge in [0.25, 0.3) is 0 Å². The number of rotatable bonds is 4. The van der Waals surface area contributed by atoms with Crippen molar-refractivity contribution >= 4 is 11.6 Å². The first kappa shape index (κ1) is 13.7. The van der Waals surface area contributed by atoms with E-state index in [1.807, 2.05) is 0 Å². The van der Waals surface area contributed by atoms with Crippen molar-refractivity contribution in [2.75, 3.05) is 0 Å². The van der Waals surface area contributed by atoms with E-state index in [4.69, 9.17) is 16.3 Å². The number of ether oxygens (including phenoxy) is 1. The van der Waals surface area contributed by atoms with Crippen LogP contribution in [-0.2, 0) is 6.61 Å². The lowest BCUT2D eigenvalue weighted by Crippen LogP contribution is -2.00. The third-order valence-corrected chi connectivity index (χ3v) is 2.99. The van der Waals surface area contributed by atoms with Crippen LogP contribution < -0.4 is 4.74 Å². The van der Waals surface area contributed by atoms with Crippen LogP contribution in [0.3, 0.4) is 0 Å². The Hall–Kier alpha value is -1.71. The lowest BCUT2D eigenvalue weighted by Gasteiger charge is -2.14. The summed E-state index contributed by atoms with van der Waals surface area (Å²) in [5.74, 6) is 0.826. The molecule has 0 aliphatic rings. The molecule has 0 bridgehead atoms. The van der Waals surface area contributed by atoms with Gasteiger partial charge in [-0.1, -0.05) is 23.7 Å². The average Bonchev–Trinajstić information content (AvgIpc) is 2.39. The molecule has 0 aliphatic heterocycles. The summed E-state index contributed by atoms with van der Waals surface area (Å²) in [6, 6.07) is 11.9. The summed E-state index contributed by atoms with van der Waals surface area (Å²) in [6.45, 7) is 2.03. The molecule has 100 valence electrons. The molecule has 0 amide bonds. The molecule has 0 saturated carbocycles. The summed E-state index contributed by atoms with van der Waals surface area (Å²) in [4.78, 5) is 0. The Bertz CT molecular complexity index is 550. The van der Waals surface area contributed by atoms with Crippen molar-refractivity contribution in [1.82, 2.24) is 0 Å². The van der Waals surface area contributed by atoms with Gasteiger partial charge in [-0.2, -0.15) is 0 Å². The number of benzene rings is 2. The van der Waals surface area contributed by atoms with Crippen molar-refractivity contribution in [3.8, 4) is 11.5 Å². The van der Waals surface area contributed by atoms with Crippen LogP contribution in [0, 0.1) is 0 Å². The monoisotopic (exact) mass is 278 g/mol. The molecule has 0 aliphatic carbocycles. The van der Waals surface area contributed by atoms with Gasteiger partial charge in [-0.05, 0) is 42.8 Å². The van der Waals surface area contributed by atoms with Crippen LogP contribution in [0.1, 0.15) is 24.2 Å². The molecule has 0 saturated heterocycles. The fraction of sp³-hybridized carbons (Fsp3) is 0.200. The summed E-state index contributed by atoms with van der Waals surface area (Å²) in [7, 11) is 0. The van der Waals surface area contributed by atoms with Gasteiger partial charge >= 0.3 is 0 Å². The van der Waals surface area contributed by atoms with Gasteiger partial charge < -0.3 is 14.9 Å². The molecule has 0 spiro atoms. The van der Waals surface area contributed by atoms with Crippen molar-refractivity contribution in [1.29, 1.82) is 0 Å². The quantitative estimate of drug-likeness (QED) is 0.897. The van der Waals surface area contributed by atoms with E-state index in [-0.39, 0.29) is 5.75 Å². The maximum absolute atomic E-state index is 9.69. The van der Waals surface area contributed by atoms with Gasteiger partial charge in [0.1, 0.15) is 18.1 Å². The smallest absolute Gasteiger partial charge is 0.125 e. The van der Waals surface area contributed by atoms with Crippen LogP contribution in [0.5, 0.6) is 11.5 Å². The first-order chi connectivity index (χ1) is 9.06. The van der Waals surface area contributed by atoms with E-state index in [0.29, 0.717) is 22.9 Å². The molecule has 2 aromatic carbocycles. The van der Waals surface area contributed by atoms with Crippen molar-refractivity contribution in [2.45, 2.75) is 19.6 Å². The molecule has 1 atom stereocenters. The summed E-state index contributed by atoms with van der Waals surface area (Å²) < 4.78 is 5.68. The van der Waals surface area contributed by atoms with Gasteiger partial charge in [0.15, 0.2) is 0 Å². The van der Waals surface area contributed by atoms with Crippen molar-refractivity contribution in [2.24, 2.45) is 0 Å². The zero-order valence-corrected chi connectivity index (χ0v) is 11.3. The average molecular weight is 279 g/mol. The second kappa shape index (κ2) is 5.95. The third kappa shape index (κ3) is 3.63. The highest BCUT2D eigenvalue weighted by Crippen LogP contribution is 2.29. The predicted molar refractivity (Wildman–Crippen MR) is 74.5 cm³/mol. The summed E-state index contributed by atoms with van der Waals surface area (Å²) >= 11 is 5.90. The minimum Gasteiger partial charge on any atom is -0.508 e. The molecule has 19 heavy (non-hydrogen) atoms. The van der Waals surface area contributed by atoms with E-state index in [1.54, 1.807) is 49.4 Å². The first-order valence-corrected chi connectivity index (χ1v) is 6.32. The summed E-state index contributed by atoms with van der Waals surface area (Å²) in [5.41, 5.74) is 1.59. The fourth-order valence-corrected chi connectivity index (χ4v) is 1.91. The lowest BCUT2D eigenvalue weighted by atomic mass is 10.1. The molecular weight excluding hydrogens is 264 g/mol. The van der Waals surface area contributed by atoms with E-state index in [2.05, 4.69) is 0 Å². The first-order valence-electron chi connectivity index (χ1n) is 5.94.